The molecule has 2 amide bonds. The van der Waals surface area contributed by atoms with Crippen molar-refractivity contribution < 1.29 is 19.1 Å². The van der Waals surface area contributed by atoms with Crippen LogP contribution in [0.5, 0.6) is 0 Å². The number of anilines is 1. The van der Waals surface area contributed by atoms with Crippen LogP contribution in [0.15, 0.2) is 24.3 Å². The van der Waals surface area contributed by atoms with Gasteiger partial charge in [-0.3, -0.25) is 10.1 Å². The average molecular weight is 306 g/mol. The molecule has 1 aliphatic rings. The molecule has 1 aliphatic heterocycles. The van der Waals surface area contributed by atoms with Crippen molar-refractivity contribution in [2.75, 3.05) is 32.6 Å². The Morgan fingerprint density at radius 3 is 2.77 bits per heavy atom. The summed E-state index contributed by atoms with van der Waals surface area (Å²) in [5.74, 6) is -0.175. The van der Waals surface area contributed by atoms with Gasteiger partial charge in [-0.1, -0.05) is 12.1 Å². The second-order valence-corrected chi connectivity index (χ2v) is 5.46. The van der Waals surface area contributed by atoms with E-state index in [0.29, 0.717) is 11.3 Å². The summed E-state index contributed by atoms with van der Waals surface area (Å²) >= 11 is 0. The molecule has 1 heterocycles. The van der Waals surface area contributed by atoms with Gasteiger partial charge in [0.15, 0.2) is 0 Å². The molecule has 1 saturated heterocycles. The third-order valence-electron chi connectivity index (χ3n) is 3.47. The van der Waals surface area contributed by atoms with Gasteiger partial charge in [-0.15, -0.1) is 0 Å². The van der Waals surface area contributed by atoms with Crippen molar-refractivity contribution in [1.82, 2.24) is 4.90 Å². The Morgan fingerprint density at radius 1 is 1.32 bits per heavy atom. The van der Waals surface area contributed by atoms with Crippen LogP contribution in [-0.4, -0.2) is 50.3 Å². The van der Waals surface area contributed by atoms with Crippen LogP contribution in [0.1, 0.15) is 29.6 Å². The number of hydrogen-bond acceptors (Lipinski definition) is 4. The lowest BCUT2D eigenvalue weighted by Gasteiger charge is -2.22. The van der Waals surface area contributed by atoms with Gasteiger partial charge in [0.25, 0.3) is 5.91 Å². The lowest BCUT2D eigenvalue weighted by molar-refractivity contribution is -0.0203. The van der Waals surface area contributed by atoms with Crippen molar-refractivity contribution in [2.45, 2.75) is 25.4 Å². The standard InChI is InChI=1S/C16H22N2O4/c1-18(2)15(19)13-8-3-4-9-14(13)17-16(20)22-11-12-7-5-6-10-21-12/h3-4,8-9,12H,5-7,10-11H2,1-2H3,(H,17,20). The highest BCUT2D eigenvalue weighted by Crippen LogP contribution is 2.17. The van der Waals surface area contributed by atoms with Gasteiger partial charge in [0.05, 0.1) is 17.4 Å². The lowest BCUT2D eigenvalue weighted by atomic mass is 10.1. The molecule has 1 aromatic rings. The van der Waals surface area contributed by atoms with E-state index < -0.39 is 6.09 Å². The first kappa shape index (κ1) is 16.3. The lowest BCUT2D eigenvalue weighted by Crippen LogP contribution is -2.28. The van der Waals surface area contributed by atoms with E-state index >= 15 is 0 Å². The first-order valence-corrected chi connectivity index (χ1v) is 7.44. The number of ether oxygens (including phenoxy) is 2. The maximum atomic E-state index is 12.1. The number of benzene rings is 1. The van der Waals surface area contributed by atoms with Crippen molar-refractivity contribution in [3.63, 3.8) is 0 Å². The van der Waals surface area contributed by atoms with Crippen molar-refractivity contribution in [2.24, 2.45) is 0 Å². The van der Waals surface area contributed by atoms with Gasteiger partial charge in [-0.2, -0.15) is 0 Å². The maximum absolute atomic E-state index is 12.1. The fraction of sp³-hybridized carbons (Fsp3) is 0.500. The van der Waals surface area contributed by atoms with Crippen LogP contribution in [0.2, 0.25) is 0 Å². The molecule has 1 fully saturated rings. The zero-order valence-corrected chi connectivity index (χ0v) is 13.0. The highest BCUT2D eigenvalue weighted by molar-refractivity contribution is 6.02. The molecule has 1 unspecified atom stereocenters. The number of carbonyl (C=O) groups excluding carboxylic acids is 2. The van der Waals surface area contributed by atoms with Gasteiger partial charge in [0.1, 0.15) is 6.61 Å². The average Bonchev–Trinajstić information content (AvgIpc) is 2.53. The molecule has 2 rings (SSSR count). The second-order valence-electron chi connectivity index (χ2n) is 5.46. The normalized spacial score (nSPS) is 17.6. The van der Waals surface area contributed by atoms with E-state index in [9.17, 15) is 9.59 Å². The van der Waals surface area contributed by atoms with Gasteiger partial charge in [-0.25, -0.2) is 4.79 Å². The SMILES string of the molecule is CN(C)C(=O)c1ccccc1NC(=O)OCC1CCCCO1. The molecular weight excluding hydrogens is 284 g/mol. The summed E-state index contributed by atoms with van der Waals surface area (Å²) in [5.41, 5.74) is 0.870. The van der Waals surface area contributed by atoms with Crippen molar-refractivity contribution in [3.05, 3.63) is 29.8 Å². The molecule has 1 aromatic carbocycles. The van der Waals surface area contributed by atoms with Crippen molar-refractivity contribution >= 4 is 17.7 Å². The fourth-order valence-electron chi connectivity index (χ4n) is 2.27. The Hall–Kier alpha value is -2.08. The first-order chi connectivity index (χ1) is 10.6. The molecule has 0 spiro atoms. The molecular formula is C16H22N2O4. The third kappa shape index (κ3) is 4.46. The number of carbonyl (C=O) groups is 2. The van der Waals surface area contributed by atoms with Crippen LogP contribution in [-0.2, 0) is 9.47 Å². The van der Waals surface area contributed by atoms with Crippen LogP contribution in [0.25, 0.3) is 0 Å². The molecule has 6 nitrogen and oxygen atoms in total. The number of nitrogens with one attached hydrogen (secondary N) is 1. The summed E-state index contributed by atoms with van der Waals surface area (Å²) in [6, 6.07) is 6.85. The Bertz CT molecular complexity index is 525. The predicted octanol–water partition coefficient (Wildman–Crippen LogP) is 2.51. The number of rotatable bonds is 4. The molecule has 6 heteroatoms. The zero-order chi connectivity index (χ0) is 15.9. The molecule has 22 heavy (non-hydrogen) atoms. The summed E-state index contributed by atoms with van der Waals surface area (Å²) in [7, 11) is 3.33. The van der Waals surface area contributed by atoms with E-state index in [1.165, 1.54) is 4.90 Å². The van der Waals surface area contributed by atoms with Gasteiger partial charge in [0, 0.05) is 20.7 Å². The summed E-state index contributed by atoms with van der Waals surface area (Å²) in [6.07, 6.45) is 2.45. The minimum atomic E-state index is -0.576. The summed E-state index contributed by atoms with van der Waals surface area (Å²) in [6.45, 7) is 0.950. The monoisotopic (exact) mass is 306 g/mol. The highest BCUT2D eigenvalue weighted by Gasteiger charge is 2.18. The zero-order valence-electron chi connectivity index (χ0n) is 13.0. The van der Waals surface area contributed by atoms with E-state index in [4.69, 9.17) is 9.47 Å². The van der Waals surface area contributed by atoms with E-state index in [2.05, 4.69) is 5.32 Å². The molecule has 0 aromatic heterocycles. The Kier molecular flexibility index (Phi) is 5.77. The number of hydrogen-bond donors (Lipinski definition) is 1. The molecule has 0 bridgehead atoms. The fourth-order valence-corrected chi connectivity index (χ4v) is 2.27. The van der Waals surface area contributed by atoms with E-state index in [1.54, 1.807) is 38.4 Å². The number of nitrogens with zero attached hydrogens (tertiary/aromatic N) is 1. The van der Waals surface area contributed by atoms with Gasteiger partial charge in [0.2, 0.25) is 0 Å². The van der Waals surface area contributed by atoms with E-state index in [1.807, 2.05) is 0 Å². The Labute approximate surface area is 130 Å². The van der Waals surface area contributed by atoms with Crippen molar-refractivity contribution in [3.8, 4) is 0 Å². The van der Waals surface area contributed by atoms with Crippen LogP contribution in [0.4, 0.5) is 10.5 Å². The Balaban J connectivity index is 1.92. The second kappa shape index (κ2) is 7.79. The smallest absolute Gasteiger partial charge is 0.411 e. The highest BCUT2D eigenvalue weighted by atomic mass is 16.6. The molecule has 1 N–H and O–H groups in total. The quantitative estimate of drug-likeness (QED) is 0.928. The van der Waals surface area contributed by atoms with Crippen LogP contribution < -0.4 is 5.32 Å². The van der Waals surface area contributed by atoms with E-state index in [0.717, 1.165) is 25.9 Å². The Morgan fingerprint density at radius 2 is 2.09 bits per heavy atom. The summed E-state index contributed by atoms with van der Waals surface area (Å²) < 4.78 is 10.7. The van der Waals surface area contributed by atoms with Crippen LogP contribution in [0.3, 0.4) is 0 Å². The van der Waals surface area contributed by atoms with Crippen LogP contribution >= 0.6 is 0 Å². The summed E-state index contributed by atoms with van der Waals surface area (Å²) in [5, 5.41) is 2.62. The predicted molar refractivity (Wildman–Crippen MR) is 83.0 cm³/mol. The van der Waals surface area contributed by atoms with Gasteiger partial charge < -0.3 is 14.4 Å². The van der Waals surface area contributed by atoms with E-state index in [-0.39, 0.29) is 18.6 Å². The largest absolute Gasteiger partial charge is 0.447 e. The number of para-hydroxylation sites is 1. The maximum Gasteiger partial charge on any atom is 0.411 e. The van der Waals surface area contributed by atoms with Gasteiger partial charge >= 0.3 is 6.09 Å². The summed E-state index contributed by atoms with van der Waals surface area (Å²) in [4.78, 5) is 25.4. The number of amides is 2. The minimum absolute atomic E-state index is 0.0295. The molecule has 120 valence electrons. The van der Waals surface area contributed by atoms with Gasteiger partial charge in [-0.05, 0) is 31.4 Å². The molecule has 0 saturated carbocycles. The van der Waals surface area contributed by atoms with Crippen LogP contribution in [0, 0.1) is 0 Å². The molecule has 0 radical (unpaired) electrons. The third-order valence-corrected chi connectivity index (χ3v) is 3.47. The topological polar surface area (TPSA) is 67.9 Å². The molecule has 1 atom stereocenters. The van der Waals surface area contributed by atoms with Crippen molar-refractivity contribution in [1.29, 1.82) is 0 Å². The minimum Gasteiger partial charge on any atom is -0.447 e. The first-order valence-electron chi connectivity index (χ1n) is 7.44. The molecule has 0 aliphatic carbocycles.